The molecule has 0 rings (SSSR count). The molecule has 0 radical (unpaired) electrons. The number of nitrogens with zero attached hydrogens (tertiary/aromatic N) is 2. The lowest BCUT2D eigenvalue weighted by molar-refractivity contribution is 1.42. The lowest BCUT2D eigenvalue weighted by atomic mass is 10.7. The van der Waals surface area contributed by atoms with Crippen molar-refractivity contribution >= 4 is 18.3 Å². The number of rotatable bonds is 2. The zero-order chi connectivity index (χ0) is 7.11. The first-order chi connectivity index (χ1) is 4.27. The summed E-state index contributed by atoms with van der Waals surface area (Å²) in [5, 5.41) is 6.84. The third kappa shape index (κ3) is 6.75. The molecule has 0 spiro atoms. The van der Waals surface area contributed by atoms with Gasteiger partial charge in [0.15, 0.2) is 0 Å². The van der Waals surface area contributed by atoms with Gasteiger partial charge in [-0.2, -0.15) is 0 Å². The van der Waals surface area contributed by atoms with Gasteiger partial charge in [-0.3, -0.25) is 10.4 Å². The predicted octanol–water partition coefficient (Wildman–Crippen LogP) is 1.27. The average Bonchev–Trinajstić information content (AvgIpc) is 1.80. The molecule has 0 aromatic rings. The smallest absolute Gasteiger partial charge is 0.117 e. The lowest BCUT2D eigenvalue weighted by Crippen LogP contribution is -1.82. The fraction of sp³-hybridized carbons (Fsp3) is 0.167. The molecule has 0 fully saturated rings. The third-order valence-electron chi connectivity index (χ3n) is 0.526. The van der Waals surface area contributed by atoms with Gasteiger partial charge in [-0.1, -0.05) is 6.58 Å². The van der Waals surface area contributed by atoms with E-state index in [4.69, 9.17) is 5.41 Å². The molecule has 0 bridgehead atoms. The van der Waals surface area contributed by atoms with Crippen LogP contribution in [0.2, 0.25) is 0 Å². The van der Waals surface area contributed by atoms with E-state index in [1.807, 2.05) is 0 Å². The van der Waals surface area contributed by atoms with Crippen LogP contribution in [0, 0.1) is 5.41 Å². The standard InChI is InChI=1S/C6H9N3/c1-3-8-4-5-9-6(2)7/h3-5,7H,1H2,2H3. The van der Waals surface area contributed by atoms with Crippen LogP contribution in [0.5, 0.6) is 0 Å². The molecule has 48 valence electrons. The molecule has 1 N–H and O–H groups in total. The summed E-state index contributed by atoms with van der Waals surface area (Å²) in [5.74, 6) is 0.269. The van der Waals surface area contributed by atoms with Gasteiger partial charge in [0.1, 0.15) is 5.84 Å². The summed E-state index contributed by atoms with van der Waals surface area (Å²) in [6, 6.07) is 0. The molecule has 0 heterocycles. The maximum absolute atomic E-state index is 6.84. The van der Waals surface area contributed by atoms with Crippen LogP contribution in [0.4, 0.5) is 0 Å². The van der Waals surface area contributed by atoms with Gasteiger partial charge in [0.05, 0.1) is 0 Å². The molecule has 0 aromatic heterocycles. The summed E-state index contributed by atoms with van der Waals surface area (Å²) < 4.78 is 0. The number of amidine groups is 1. The Kier molecular flexibility index (Phi) is 4.22. The molecule has 3 nitrogen and oxygen atoms in total. The Morgan fingerprint density at radius 3 is 2.67 bits per heavy atom. The molecular formula is C6H9N3. The summed E-state index contributed by atoms with van der Waals surface area (Å²) in [5.41, 5.74) is 0. The SMILES string of the molecule is C=CN=CC=NC(C)=N. The van der Waals surface area contributed by atoms with Gasteiger partial charge in [0.25, 0.3) is 0 Å². The van der Waals surface area contributed by atoms with Crippen molar-refractivity contribution in [3.05, 3.63) is 12.8 Å². The summed E-state index contributed by atoms with van der Waals surface area (Å²) in [4.78, 5) is 7.26. The van der Waals surface area contributed by atoms with E-state index in [0.29, 0.717) is 0 Å². The normalized spacial score (nSPS) is 10.8. The fourth-order valence-electron chi connectivity index (χ4n) is 0.244. The highest BCUT2D eigenvalue weighted by Crippen LogP contribution is 1.67. The van der Waals surface area contributed by atoms with E-state index >= 15 is 0 Å². The van der Waals surface area contributed by atoms with Crippen molar-refractivity contribution in [2.24, 2.45) is 9.98 Å². The molecule has 9 heavy (non-hydrogen) atoms. The van der Waals surface area contributed by atoms with E-state index in [0.717, 1.165) is 0 Å². The molecule has 0 amide bonds. The van der Waals surface area contributed by atoms with Crippen molar-refractivity contribution in [2.45, 2.75) is 6.92 Å². The minimum Gasteiger partial charge on any atom is -0.287 e. The van der Waals surface area contributed by atoms with E-state index in [1.165, 1.54) is 18.6 Å². The Morgan fingerprint density at radius 1 is 1.56 bits per heavy atom. The monoisotopic (exact) mass is 123 g/mol. The topological polar surface area (TPSA) is 48.6 Å². The highest BCUT2D eigenvalue weighted by atomic mass is 14.8. The Morgan fingerprint density at radius 2 is 2.22 bits per heavy atom. The Balaban J connectivity index is 3.59. The number of nitrogens with one attached hydrogen (secondary N) is 1. The van der Waals surface area contributed by atoms with Crippen LogP contribution in [0.25, 0.3) is 0 Å². The van der Waals surface area contributed by atoms with Gasteiger partial charge in [0.2, 0.25) is 0 Å². The van der Waals surface area contributed by atoms with Gasteiger partial charge in [-0.25, -0.2) is 4.99 Å². The molecule has 0 atom stereocenters. The Labute approximate surface area is 54.4 Å². The summed E-state index contributed by atoms with van der Waals surface area (Å²) in [6.45, 7) is 4.96. The molecule has 0 saturated carbocycles. The van der Waals surface area contributed by atoms with Crippen LogP contribution in [0.1, 0.15) is 6.92 Å². The maximum Gasteiger partial charge on any atom is 0.117 e. The average molecular weight is 123 g/mol. The van der Waals surface area contributed by atoms with Gasteiger partial charge in [0, 0.05) is 18.6 Å². The fourth-order valence-corrected chi connectivity index (χ4v) is 0.244. The third-order valence-corrected chi connectivity index (χ3v) is 0.526. The molecule has 0 unspecified atom stereocenters. The van der Waals surface area contributed by atoms with E-state index in [1.54, 1.807) is 6.92 Å². The molecule has 0 saturated heterocycles. The van der Waals surface area contributed by atoms with Crippen LogP contribution >= 0.6 is 0 Å². The van der Waals surface area contributed by atoms with E-state index in [-0.39, 0.29) is 5.84 Å². The largest absolute Gasteiger partial charge is 0.287 e. The first-order valence-electron chi connectivity index (χ1n) is 2.49. The molecule has 3 heteroatoms. The van der Waals surface area contributed by atoms with Crippen molar-refractivity contribution in [3.8, 4) is 0 Å². The van der Waals surface area contributed by atoms with Crippen LogP contribution in [-0.4, -0.2) is 18.3 Å². The van der Waals surface area contributed by atoms with Gasteiger partial charge < -0.3 is 0 Å². The van der Waals surface area contributed by atoms with Crippen molar-refractivity contribution in [1.29, 1.82) is 5.41 Å². The van der Waals surface area contributed by atoms with Crippen LogP contribution < -0.4 is 0 Å². The van der Waals surface area contributed by atoms with Gasteiger partial charge >= 0.3 is 0 Å². The van der Waals surface area contributed by atoms with Crippen molar-refractivity contribution in [3.63, 3.8) is 0 Å². The second-order valence-corrected chi connectivity index (χ2v) is 1.34. The number of hydrogen-bond acceptors (Lipinski definition) is 2. The number of aliphatic imine (C=N–C) groups is 2. The molecular weight excluding hydrogens is 114 g/mol. The van der Waals surface area contributed by atoms with Crippen molar-refractivity contribution < 1.29 is 0 Å². The molecule has 0 aliphatic carbocycles. The highest BCUT2D eigenvalue weighted by Gasteiger charge is 1.70. The van der Waals surface area contributed by atoms with Gasteiger partial charge in [-0.05, 0) is 6.92 Å². The van der Waals surface area contributed by atoms with E-state index < -0.39 is 0 Å². The lowest BCUT2D eigenvalue weighted by Gasteiger charge is -1.77. The van der Waals surface area contributed by atoms with Crippen molar-refractivity contribution in [1.82, 2.24) is 0 Å². The minimum atomic E-state index is 0.269. The second-order valence-electron chi connectivity index (χ2n) is 1.34. The van der Waals surface area contributed by atoms with Crippen LogP contribution in [-0.2, 0) is 0 Å². The van der Waals surface area contributed by atoms with Crippen LogP contribution in [0.3, 0.4) is 0 Å². The van der Waals surface area contributed by atoms with Gasteiger partial charge in [-0.15, -0.1) is 0 Å². The summed E-state index contributed by atoms with van der Waals surface area (Å²) >= 11 is 0. The predicted molar refractivity (Wildman–Crippen MR) is 40.6 cm³/mol. The number of hydrogen-bond donors (Lipinski definition) is 1. The quantitative estimate of drug-likeness (QED) is 0.424. The van der Waals surface area contributed by atoms with Crippen LogP contribution in [0.15, 0.2) is 22.8 Å². The molecule has 0 aromatic carbocycles. The van der Waals surface area contributed by atoms with Crippen molar-refractivity contribution in [2.75, 3.05) is 0 Å². The maximum atomic E-state index is 6.84. The second kappa shape index (κ2) is 4.90. The first kappa shape index (κ1) is 7.75. The first-order valence-corrected chi connectivity index (χ1v) is 2.49. The molecule has 0 aliphatic rings. The Hall–Kier alpha value is -1.25. The Bertz CT molecular complexity index is 156. The molecule has 0 aliphatic heterocycles. The minimum absolute atomic E-state index is 0.269. The zero-order valence-corrected chi connectivity index (χ0v) is 5.33. The zero-order valence-electron chi connectivity index (χ0n) is 5.33. The van der Waals surface area contributed by atoms with E-state index in [2.05, 4.69) is 16.6 Å². The summed E-state index contributed by atoms with van der Waals surface area (Å²) in [6.07, 6.45) is 4.33. The van der Waals surface area contributed by atoms with E-state index in [9.17, 15) is 0 Å². The highest BCUT2D eigenvalue weighted by molar-refractivity contribution is 6.18. The summed E-state index contributed by atoms with van der Waals surface area (Å²) in [7, 11) is 0.